The number of piperidine rings is 1. The van der Waals surface area contributed by atoms with Gasteiger partial charge in [0.1, 0.15) is 0 Å². The van der Waals surface area contributed by atoms with E-state index in [1.54, 1.807) is 0 Å². The lowest BCUT2D eigenvalue weighted by Crippen LogP contribution is -2.43. The van der Waals surface area contributed by atoms with Crippen molar-refractivity contribution >= 4 is 5.97 Å². The molecule has 0 amide bonds. The van der Waals surface area contributed by atoms with Gasteiger partial charge in [-0.15, -0.1) is 0 Å². The molecule has 0 aliphatic carbocycles. The van der Waals surface area contributed by atoms with Crippen molar-refractivity contribution in [2.75, 3.05) is 13.1 Å². The van der Waals surface area contributed by atoms with Gasteiger partial charge in [-0.3, -0.25) is 4.79 Å². The minimum atomic E-state index is -0.657. The van der Waals surface area contributed by atoms with Crippen LogP contribution < -0.4 is 0 Å². The Hall–Kier alpha value is -0.570. The summed E-state index contributed by atoms with van der Waals surface area (Å²) in [5.74, 6) is -0.200. The lowest BCUT2D eigenvalue weighted by molar-refractivity contribution is -0.141. The molecular weight excluding hydrogens is 202 g/mol. The average Bonchev–Trinajstić information content (AvgIpc) is 2.20. The predicted octanol–water partition coefficient (Wildman–Crippen LogP) is 2.61. The Balaban J connectivity index is 2.49. The van der Waals surface area contributed by atoms with Crippen molar-refractivity contribution in [1.82, 2.24) is 4.90 Å². The molecule has 3 nitrogen and oxygen atoms in total. The van der Waals surface area contributed by atoms with E-state index in [4.69, 9.17) is 5.11 Å². The van der Waals surface area contributed by atoms with Crippen molar-refractivity contribution < 1.29 is 9.90 Å². The van der Waals surface area contributed by atoms with Gasteiger partial charge in [0, 0.05) is 12.6 Å². The molecule has 2 unspecified atom stereocenters. The zero-order valence-electron chi connectivity index (χ0n) is 10.8. The van der Waals surface area contributed by atoms with Crippen LogP contribution in [0.2, 0.25) is 0 Å². The van der Waals surface area contributed by atoms with E-state index in [-0.39, 0.29) is 5.92 Å². The summed E-state index contributed by atoms with van der Waals surface area (Å²) < 4.78 is 0. The second-order valence-corrected chi connectivity index (χ2v) is 5.51. The van der Waals surface area contributed by atoms with E-state index in [0.29, 0.717) is 12.0 Å². The number of carbonyl (C=O) groups is 1. The molecule has 1 N–H and O–H groups in total. The van der Waals surface area contributed by atoms with Gasteiger partial charge in [0.15, 0.2) is 0 Å². The average molecular weight is 227 g/mol. The lowest BCUT2D eigenvalue weighted by atomic mass is 9.92. The third kappa shape index (κ3) is 4.12. The molecule has 0 aromatic heterocycles. The highest BCUT2D eigenvalue weighted by Gasteiger charge is 2.26. The fraction of sp³-hybridized carbons (Fsp3) is 0.923. The zero-order valence-corrected chi connectivity index (χ0v) is 10.8. The Kier molecular flexibility index (Phi) is 5.26. The molecule has 1 heterocycles. The third-order valence-electron chi connectivity index (χ3n) is 3.40. The van der Waals surface area contributed by atoms with Crippen molar-refractivity contribution in [3.8, 4) is 0 Å². The van der Waals surface area contributed by atoms with Crippen LogP contribution in [-0.2, 0) is 4.79 Å². The molecule has 1 aliphatic heterocycles. The largest absolute Gasteiger partial charge is 0.481 e. The topological polar surface area (TPSA) is 40.5 Å². The zero-order chi connectivity index (χ0) is 12.1. The van der Waals surface area contributed by atoms with Crippen LogP contribution in [0.15, 0.2) is 0 Å². The number of carboxylic acids is 1. The molecule has 0 radical (unpaired) electrons. The number of rotatable bonds is 5. The molecule has 3 heteroatoms. The van der Waals surface area contributed by atoms with E-state index in [2.05, 4.69) is 18.7 Å². The summed E-state index contributed by atoms with van der Waals surface area (Å²) in [5, 5.41) is 8.96. The van der Waals surface area contributed by atoms with E-state index >= 15 is 0 Å². The van der Waals surface area contributed by atoms with Crippen LogP contribution in [0.1, 0.15) is 46.5 Å². The molecule has 1 rings (SSSR count). The van der Waals surface area contributed by atoms with E-state index in [1.807, 2.05) is 6.92 Å². The van der Waals surface area contributed by atoms with Gasteiger partial charge in [0.2, 0.25) is 0 Å². The summed E-state index contributed by atoms with van der Waals surface area (Å²) in [4.78, 5) is 13.4. The summed E-state index contributed by atoms with van der Waals surface area (Å²) in [6.45, 7) is 8.54. The van der Waals surface area contributed by atoms with Crippen LogP contribution in [0.4, 0.5) is 0 Å². The fourth-order valence-electron chi connectivity index (χ4n) is 2.55. The second kappa shape index (κ2) is 6.24. The normalized spacial score (nSPS) is 24.6. The second-order valence-electron chi connectivity index (χ2n) is 5.51. The number of hydrogen-bond acceptors (Lipinski definition) is 2. The standard InChI is InChI=1S/C13H25NO2/c1-10(2)9-14-7-5-4-6-12(14)8-11(3)13(15)16/h10-12H,4-9H2,1-3H3,(H,15,16). The Morgan fingerprint density at radius 3 is 2.62 bits per heavy atom. The van der Waals surface area contributed by atoms with Crippen molar-refractivity contribution in [2.45, 2.75) is 52.5 Å². The summed E-state index contributed by atoms with van der Waals surface area (Å²) in [6.07, 6.45) is 4.50. The summed E-state index contributed by atoms with van der Waals surface area (Å²) in [6, 6.07) is 0.488. The van der Waals surface area contributed by atoms with Gasteiger partial charge in [-0.05, 0) is 31.7 Å². The highest BCUT2D eigenvalue weighted by molar-refractivity contribution is 5.69. The molecule has 1 saturated heterocycles. The molecule has 0 aromatic rings. The lowest BCUT2D eigenvalue weighted by Gasteiger charge is -2.37. The monoisotopic (exact) mass is 227 g/mol. The smallest absolute Gasteiger partial charge is 0.306 e. The van der Waals surface area contributed by atoms with Crippen molar-refractivity contribution in [2.24, 2.45) is 11.8 Å². The van der Waals surface area contributed by atoms with Crippen LogP contribution in [0.5, 0.6) is 0 Å². The minimum absolute atomic E-state index is 0.210. The van der Waals surface area contributed by atoms with Gasteiger partial charge in [0.05, 0.1) is 5.92 Å². The van der Waals surface area contributed by atoms with Crippen LogP contribution in [0.25, 0.3) is 0 Å². The van der Waals surface area contributed by atoms with Crippen molar-refractivity contribution in [3.05, 3.63) is 0 Å². The van der Waals surface area contributed by atoms with E-state index in [9.17, 15) is 4.79 Å². The Labute approximate surface area is 98.8 Å². The highest BCUT2D eigenvalue weighted by atomic mass is 16.4. The molecule has 0 spiro atoms. The Morgan fingerprint density at radius 1 is 1.38 bits per heavy atom. The first-order valence-corrected chi connectivity index (χ1v) is 6.47. The van der Waals surface area contributed by atoms with Gasteiger partial charge >= 0.3 is 5.97 Å². The maximum atomic E-state index is 10.9. The van der Waals surface area contributed by atoms with Crippen molar-refractivity contribution in [1.29, 1.82) is 0 Å². The molecule has 2 atom stereocenters. The van der Waals surface area contributed by atoms with Gasteiger partial charge in [-0.2, -0.15) is 0 Å². The molecule has 1 aliphatic rings. The predicted molar refractivity (Wildman–Crippen MR) is 65.5 cm³/mol. The van der Waals surface area contributed by atoms with Gasteiger partial charge in [-0.25, -0.2) is 0 Å². The first-order chi connectivity index (χ1) is 7.50. The Morgan fingerprint density at radius 2 is 2.06 bits per heavy atom. The Bertz CT molecular complexity index is 228. The molecule has 16 heavy (non-hydrogen) atoms. The maximum absolute atomic E-state index is 10.9. The van der Waals surface area contributed by atoms with Crippen molar-refractivity contribution in [3.63, 3.8) is 0 Å². The van der Waals surface area contributed by atoms with Crippen LogP contribution in [0, 0.1) is 11.8 Å². The molecule has 94 valence electrons. The molecular formula is C13H25NO2. The third-order valence-corrected chi connectivity index (χ3v) is 3.40. The van der Waals surface area contributed by atoms with E-state index in [1.165, 1.54) is 19.3 Å². The maximum Gasteiger partial charge on any atom is 0.306 e. The van der Waals surface area contributed by atoms with Gasteiger partial charge < -0.3 is 10.0 Å². The SMILES string of the molecule is CC(C)CN1CCCCC1CC(C)C(=O)O. The highest BCUT2D eigenvalue weighted by Crippen LogP contribution is 2.23. The van der Waals surface area contributed by atoms with Crippen LogP contribution in [0.3, 0.4) is 0 Å². The molecule has 0 aromatic carbocycles. The van der Waals surface area contributed by atoms with Gasteiger partial charge in [-0.1, -0.05) is 27.2 Å². The number of hydrogen-bond donors (Lipinski definition) is 1. The summed E-state index contributed by atoms with van der Waals surface area (Å²) >= 11 is 0. The molecule has 0 saturated carbocycles. The van der Waals surface area contributed by atoms with Crippen LogP contribution in [-0.4, -0.2) is 35.1 Å². The quantitative estimate of drug-likeness (QED) is 0.785. The van der Waals surface area contributed by atoms with Crippen LogP contribution >= 0.6 is 0 Å². The number of nitrogens with zero attached hydrogens (tertiary/aromatic N) is 1. The first kappa shape index (κ1) is 13.5. The summed E-state index contributed by atoms with van der Waals surface area (Å²) in [5.41, 5.74) is 0. The van der Waals surface area contributed by atoms with E-state index < -0.39 is 5.97 Å². The van der Waals surface area contributed by atoms with Gasteiger partial charge in [0.25, 0.3) is 0 Å². The fourth-order valence-corrected chi connectivity index (χ4v) is 2.55. The molecule has 1 fully saturated rings. The van der Waals surface area contributed by atoms with E-state index in [0.717, 1.165) is 19.5 Å². The first-order valence-electron chi connectivity index (χ1n) is 6.47. The number of carboxylic acid groups (broad SMARTS) is 1. The summed E-state index contributed by atoms with van der Waals surface area (Å²) in [7, 11) is 0. The number of aliphatic carboxylic acids is 1. The number of likely N-dealkylation sites (tertiary alicyclic amines) is 1. The molecule has 0 bridgehead atoms. The minimum Gasteiger partial charge on any atom is -0.481 e.